The molecule has 2 heterocycles. The summed E-state index contributed by atoms with van der Waals surface area (Å²) >= 11 is 3.29. The van der Waals surface area contributed by atoms with Gasteiger partial charge in [0.2, 0.25) is 5.95 Å². The Kier molecular flexibility index (Phi) is 3.61. The molecule has 1 N–H and O–H groups in total. The van der Waals surface area contributed by atoms with Crippen LogP contribution < -0.4 is 4.90 Å². The second-order valence-corrected chi connectivity index (χ2v) is 5.22. The minimum Gasteiger partial charge on any atom is -0.481 e. The Bertz CT molecular complexity index is 410. The Morgan fingerprint density at radius 2 is 2.18 bits per heavy atom. The van der Waals surface area contributed by atoms with Gasteiger partial charge in [-0.2, -0.15) is 0 Å². The molecule has 1 aromatic rings. The van der Waals surface area contributed by atoms with Crippen molar-refractivity contribution in [3.63, 3.8) is 0 Å². The van der Waals surface area contributed by atoms with E-state index in [-0.39, 0.29) is 12.0 Å². The lowest BCUT2D eigenvalue weighted by Crippen LogP contribution is -2.43. The zero-order valence-electron chi connectivity index (χ0n) is 9.51. The summed E-state index contributed by atoms with van der Waals surface area (Å²) in [5, 5.41) is 8.99. The van der Waals surface area contributed by atoms with Crippen molar-refractivity contribution in [1.29, 1.82) is 0 Å². The van der Waals surface area contributed by atoms with Gasteiger partial charge in [0, 0.05) is 25.0 Å². The highest BCUT2D eigenvalue weighted by Gasteiger charge is 2.30. The molecule has 6 heteroatoms. The molecule has 1 aliphatic heterocycles. The highest BCUT2D eigenvalue weighted by atomic mass is 79.9. The van der Waals surface area contributed by atoms with E-state index < -0.39 is 5.97 Å². The van der Waals surface area contributed by atoms with Crippen molar-refractivity contribution in [2.24, 2.45) is 5.92 Å². The van der Waals surface area contributed by atoms with Gasteiger partial charge >= 0.3 is 5.97 Å². The van der Waals surface area contributed by atoms with E-state index in [0.717, 1.165) is 4.47 Å². The van der Waals surface area contributed by atoms with Crippen LogP contribution in [0.1, 0.15) is 19.8 Å². The third-order valence-corrected chi connectivity index (χ3v) is 3.50. The van der Waals surface area contributed by atoms with E-state index in [1.165, 1.54) is 0 Å². The maximum atomic E-state index is 10.9. The highest BCUT2D eigenvalue weighted by Crippen LogP contribution is 2.26. The first-order valence-electron chi connectivity index (χ1n) is 5.55. The van der Waals surface area contributed by atoms with Crippen LogP contribution in [-0.4, -0.2) is 33.6 Å². The summed E-state index contributed by atoms with van der Waals surface area (Å²) < 4.78 is 0.842. The molecule has 17 heavy (non-hydrogen) atoms. The molecule has 0 bridgehead atoms. The zero-order valence-corrected chi connectivity index (χ0v) is 11.1. The van der Waals surface area contributed by atoms with Crippen LogP contribution in [0.2, 0.25) is 0 Å². The third kappa shape index (κ3) is 2.74. The molecule has 1 aliphatic rings. The van der Waals surface area contributed by atoms with Crippen LogP contribution in [0.5, 0.6) is 0 Å². The van der Waals surface area contributed by atoms with Crippen LogP contribution in [0.4, 0.5) is 5.95 Å². The Hall–Kier alpha value is -1.17. The first-order valence-corrected chi connectivity index (χ1v) is 6.34. The van der Waals surface area contributed by atoms with Crippen molar-refractivity contribution in [2.45, 2.75) is 25.8 Å². The van der Waals surface area contributed by atoms with Gasteiger partial charge in [0.25, 0.3) is 0 Å². The number of hydrogen-bond acceptors (Lipinski definition) is 4. The van der Waals surface area contributed by atoms with E-state index in [2.05, 4.69) is 30.8 Å². The van der Waals surface area contributed by atoms with Gasteiger partial charge in [-0.3, -0.25) is 4.79 Å². The molecule has 5 nitrogen and oxygen atoms in total. The van der Waals surface area contributed by atoms with Gasteiger partial charge < -0.3 is 10.0 Å². The SMILES string of the molecule is CC1CC(C(=O)O)CCN1c1ncc(Br)cn1. The summed E-state index contributed by atoms with van der Waals surface area (Å²) in [4.78, 5) is 21.5. The lowest BCUT2D eigenvalue weighted by molar-refractivity contribution is -0.142. The van der Waals surface area contributed by atoms with Gasteiger partial charge in [-0.25, -0.2) is 9.97 Å². The van der Waals surface area contributed by atoms with Gasteiger partial charge in [0.15, 0.2) is 0 Å². The maximum Gasteiger partial charge on any atom is 0.306 e. The third-order valence-electron chi connectivity index (χ3n) is 3.09. The number of aliphatic carboxylic acids is 1. The molecule has 0 spiro atoms. The van der Waals surface area contributed by atoms with Crippen molar-refractivity contribution in [1.82, 2.24) is 9.97 Å². The van der Waals surface area contributed by atoms with E-state index in [4.69, 9.17) is 5.11 Å². The van der Waals surface area contributed by atoms with Crippen molar-refractivity contribution in [3.05, 3.63) is 16.9 Å². The molecule has 0 saturated carbocycles. The fourth-order valence-electron chi connectivity index (χ4n) is 2.15. The summed E-state index contributed by atoms with van der Waals surface area (Å²) in [6.45, 7) is 2.71. The van der Waals surface area contributed by atoms with Gasteiger partial charge in [-0.15, -0.1) is 0 Å². The maximum absolute atomic E-state index is 10.9. The van der Waals surface area contributed by atoms with E-state index in [0.29, 0.717) is 25.3 Å². The van der Waals surface area contributed by atoms with Crippen LogP contribution in [0.15, 0.2) is 16.9 Å². The minimum atomic E-state index is -0.701. The molecular formula is C11H14BrN3O2. The lowest BCUT2D eigenvalue weighted by atomic mass is 9.92. The van der Waals surface area contributed by atoms with E-state index >= 15 is 0 Å². The number of halogens is 1. The number of piperidine rings is 1. The lowest BCUT2D eigenvalue weighted by Gasteiger charge is -2.36. The smallest absolute Gasteiger partial charge is 0.306 e. The predicted molar refractivity (Wildman–Crippen MR) is 66.9 cm³/mol. The van der Waals surface area contributed by atoms with Gasteiger partial charge in [-0.1, -0.05) is 0 Å². The highest BCUT2D eigenvalue weighted by molar-refractivity contribution is 9.10. The molecule has 0 amide bonds. The topological polar surface area (TPSA) is 66.3 Å². The van der Waals surface area contributed by atoms with Gasteiger partial charge in [0.05, 0.1) is 10.4 Å². The molecule has 92 valence electrons. The van der Waals surface area contributed by atoms with E-state index in [9.17, 15) is 4.79 Å². The molecule has 2 rings (SSSR count). The average Bonchev–Trinajstić information content (AvgIpc) is 2.30. The zero-order chi connectivity index (χ0) is 12.4. The summed E-state index contributed by atoms with van der Waals surface area (Å²) in [5.41, 5.74) is 0. The van der Waals surface area contributed by atoms with Crippen molar-refractivity contribution in [2.75, 3.05) is 11.4 Å². The normalized spacial score (nSPS) is 24.7. The first kappa shape index (κ1) is 12.3. The Morgan fingerprint density at radius 3 is 2.71 bits per heavy atom. The summed E-state index contributed by atoms with van der Waals surface area (Å²) in [6.07, 6.45) is 4.71. The van der Waals surface area contributed by atoms with Crippen molar-refractivity contribution >= 4 is 27.8 Å². The monoisotopic (exact) mass is 299 g/mol. The number of rotatable bonds is 2. The largest absolute Gasteiger partial charge is 0.481 e. The Balaban J connectivity index is 2.09. The second-order valence-electron chi connectivity index (χ2n) is 4.30. The minimum absolute atomic E-state index is 0.158. The summed E-state index contributed by atoms with van der Waals surface area (Å²) in [7, 11) is 0. The number of aromatic nitrogens is 2. The summed E-state index contributed by atoms with van der Waals surface area (Å²) in [6, 6.07) is 0.158. The van der Waals surface area contributed by atoms with E-state index in [1.807, 2.05) is 6.92 Å². The predicted octanol–water partition coefficient (Wildman–Crippen LogP) is 1.93. The van der Waals surface area contributed by atoms with Crippen LogP contribution in [0.3, 0.4) is 0 Å². The number of anilines is 1. The molecule has 0 aliphatic carbocycles. The number of hydrogen-bond donors (Lipinski definition) is 1. The summed E-state index contributed by atoms with van der Waals surface area (Å²) in [5.74, 6) is -0.269. The molecule has 1 fully saturated rings. The van der Waals surface area contributed by atoms with Crippen molar-refractivity contribution < 1.29 is 9.90 Å². The fraction of sp³-hybridized carbons (Fsp3) is 0.545. The average molecular weight is 300 g/mol. The molecule has 1 saturated heterocycles. The molecular weight excluding hydrogens is 286 g/mol. The molecule has 0 aromatic carbocycles. The number of carbonyl (C=O) groups is 1. The van der Waals surface area contributed by atoms with E-state index in [1.54, 1.807) is 12.4 Å². The van der Waals surface area contributed by atoms with Crippen LogP contribution in [0, 0.1) is 5.92 Å². The fourth-order valence-corrected chi connectivity index (χ4v) is 2.35. The standard InChI is InChI=1S/C11H14BrN3O2/c1-7-4-8(10(16)17)2-3-15(7)11-13-5-9(12)6-14-11/h5-8H,2-4H2,1H3,(H,16,17). The molecule has 1 aromatic heterocycles. The van der Waals surface area contributed by atoms with Crippen LogP contribution in [-0.2, 0) is 4.79 Å². The van der Waals surface area contributed by atoms with Gasteiger partial charge in [-0.05, 0) is 35.7 Å². The Morgan fingerprint density at radius 1 is 1.53 bits per heavy atom. The molecule has 2 atom stereocenters. The second kappa shape index (κ2) is 5.00. The molecule has 2 unspecified atom stereocenters. The number of nitrogens with zero attached hydrogens (tertiary/aromatic N) is 3. The van der Waals surface area contributed by atoms with Crippen LogP contribution >= 0.6 is 15.9 Å². The number of carboxylic acid groups (broad SMARTS) is 1. The quantitative estimate of drug-likeness (QED) is 0.904. The molecule has 0 radical (unpaired) electrons. The number of carboxylic acids is 1. The van der Waals surface area contributed by atoms with Crippen LogP contribution in [0.25, 0.3) is 0 Å². The first-order chi connectivity index (χ1) is 8.08. The van der Waals surface area contributed by atoms with Gasteiger partial charge in [0.1, 0.15) is 0 Å². The Labute approximate surface area is 108 Å². The van der Waals surface area contributed by atoms with Crippen molar-refractivity contribution in [3.8, 4) is 0 Å².